The smallest absolute Gasteiger partial charge is 0.0654 e. The van der Waals surface area contributed by atoms with Gasteiger partial charge in [-0.3, -0.25) is 0 Å². The fourth-order valence-electron chi connectivity index (χ4n) is 1.84. The molecule has 0 fully saturated rings. The number of nitrogens with one attached hydrogen (secondary N) is 1. The van der Waals surface area contributed by atoms with Gasteiger partial charge < -0.3 is 4.84 Å². The summed E-state index contributed by atoms with van der Waals surface area (Å²) in [6.07, 6.45) is 2.19. The van der Waals surface area contributed by atoms with E-state index < -0.39 is 0 Å². The second-order valence-corrected chi connectivity index (χ2v) is 3.42. The van der Waals surface area contributed by atoms with E-state index in [2.05, 4.69) is 29.7 Å². The van der Waals surface area contributed by atoms with Crippen LogP contribution >= 0.6 is 0 Å². The third-order valence-corrected chi connectivity index (χ3v) is 2.45. The quantitative estimate of drug-likeness (QED) is 0.709. The third kappa shape index (κ3) is 1.90. The van der Waals surface area contributed by atoms with Gasteiger partial charge in [-0.25, -0.2) is 0 Å². The zero-order valence-corrected chi connectivity index (χ0v) is 7.92. The van der Waals surface area contributed by atoms with Crippen LogP contribution in [0.4, 0.5) is 0 Å². The van der Waals surface area contributed by atoms with Crippen molar-refractivity contribution in [3.63, 3.8) is 0 Å². The molecule has 0 atom stereocenters. The summed E-state index contributed by atoms with van der Waals surface area (Å²) in [5, 5.41) is 0. The van der Waals surface area contributed by atoms with Crippen LogP contribution in [0.2, 0.25) is 0 Å². The van der Waals surface area contributed by atoms with E-state index in [4.69, 9.17) is 4.84 Å². The lowest BCUT2D eigenvalue weighted by atomic mass is 10.1. The lowest BCUT2D eigenvalue weighted by molar-refractivity contribution is 0.0270. The first-order chi connectivity index (χ1) is 6.40. The highest BCUT2D eigenvalue weighted by Gasteiger charge is 2.20. The SMILES string of the molecule is CCONC1Cc2ccccc2C1. The Morgan fingerprint density at radius 2 is 1.92 bits per heavy atom. The molecule has 0 aromatic heterocycles. The average molecular weight is 177 g/mol. The number of hydrogen-bond acceptors (Lipinski definition) is 2. The molecule has 0 bridgehead atoms. The Hall–Kier alpha value is -0.860. The first kappa shape index (κ1) is 8.73. The van der Waals surface area contributed by atoms with E-state index in [1.165, 1.54) is 11.1 Å². The van der Waals surface area contributed by atoms with Crippen LogP contribution in [0.25, 0.3) is 0 Å². The molecule has 0 saturated heterocycles. The van der Waals surface area contributed by atoms with Crippen LogP contribution in [-0.2, 0) is 17.7 Å². The van der Waals surface area contributed by atoms with Crippen molar-refractivity contribution in [3.05, 3.63) is 35.4 Å². The second-order valence-electron chi connectivity index (χ2n) is 3.42. The molecule has 2 nitrogen and oxygen atoms in total. The van der Waals surface area contributed by atoms with Gasteiger partial charge in [-0.1, -0.05) is 24.3 Å². The van der Waals surface area contributed by atoms with Crippen molar-refractivity contribution < 1.29 is 4.84 Å². The van der Waals surface area contributed by atoms with Crippen LogP contribution < -0.4 is 5.48 Å². The van der Waals surface area contributed by atoms with Crippen LogP contribution in [-0.4, -0.2) is 12.6 Å². The molecule has 0 heterocycles. The molecule has 1 aromatic rings. The number of hydrogen-bond donors (Lipinski definition) is 1. The molecule has 1 aliphatic rings. The maximum atomic E-state index is 5.20. The minimum absolute atomic E-state index is 0.470. The van der Waals surface area contributed by atoms with E-state index in [0.29, 0.717) is 6.04 Å². The Morgan fingerprint density at radius 3 is 2.46 bits per heavy atom. The van der Waals surface area contributed by atoms with Crippen LogP contribution in [0.1, 0.15) is 18.1 Å². The third-order valence-electron chi connectivity index (χ3n) is 2.45. The van der Waals surface area contributed by atoms with Gasteiger partial charge in [-0.2, -0.15) is 5.48 Å². The topological polar surface area (TPSA) is 21.3 Å². The number of hydroxylamine groups is 1. The van der Waals surface area contributed by atoms with E-state index >= 15 is 0 Å². The van der Waals surface area contributed by atoms with E-state index in [9.17, 15) is 0 Å². The maximum Gasteiger partial charge on any atom is 0.0654 e. The fourth-order valence-corrected chi connectivity index (χ4v) is 1.84. The minimum Gasteiger partial charge on any atom is -0.302 e. The van der Waals surface area contributed by atoms with Gasteiger partial charge in [-0.15, -0.1) is 0 Å². The Labute approximate surface area is 78.9 Å². The summed E-state index contributed by atoms with van der Waals surface area (Å²) < 4.78 is 0. The molecular weight excluding hydrogens is 162 g/mol. The van der Waals surface area contributed by atoms with Crippen molar-refractivity contribution >= 4 is 0 Å². The summed E-state index contributed by atoms with van der Waals surface area (Å²) in [6.45, 7) is 2.72. The second kappa shape index (κ2) is 3.90. The largest absolute Gasteiger partial charge is 0.302 e. The van der Waals surface area contributed by atoms with Crippen LogP contribution in [0, 0.1) is 0 Å². The van der Waals surface area contributed by atoms with Gasteiger partial charge in [-0.05, 0) is 30.9 Å². The molecule has 70 valence electrons. The maximum absolute atomic E-state index is 5.20. The molecule has 0 unspecified atom stereocenters. The van der Waals surface area contributed by atoms with E-state index in [0.717, 1.165) is 19.4 Å². The molecule has 0 amide bonds. The van der Waals surface area contributed by atoms with Crippen molar-refractivity contribution in [2.24, 2.45) is 0 Å². The first-order valence-corrected chi connectivity index (χ1v) is 4.84. The molecule has 2 rings (SSSR count). The molecular formula is C11H15NO. The van der Waals surface area contributed by atoms with Crippen LogP contribution in [0.15, 0.2) is 24.3 Å². The van der Waals surface area contributed by atoms with Crippen molar-refractivity contribution in [1.82, 2.24) is 5.48 Å². The van der Waals surface area contributed by atoms with Gasteiger partial charge in [0, 0.05) is 6.04 Å². The zero-order valence-electron chi connectivity index (χ0n) is 7.92. The highest BCUT2D eigenvalue weighted by Crippen LogP contribution is 2.21. The van der Waals surface area contributed by atoms with Gasteiger partial charge in [0.1, 0.15) is 0 Å². The van der Waals surface area contributed by atoms with Crippen molar-refractivity contribution in [3.8, 4) is 0 Å². The fraction of sp³-hybridized carbons (Fsp3) is 0.455. The summed E-state index contributed by atoms with van der Waals surface area (Å²) >= 11 is 0. The van der Waals surface area contributed by atoms with Crippen molar-refractivity contribution in [2.75, 3.05) is 6.61 Å². The Kier molecular flexibility index (Phi) is 2.62. The Balaban J connectivity index is 1.97. The normalized spacial score (nSPS) is 16.1. The Morgan fingerprint density at radius 1 is 1.31 bits per heavy atom. The molecule has 2 heteroatoms. The van der Waals surface area contributed by atoms with Crippen molar-refractivity contribution in [1.29, 1.82) is 0 Å². The van der Waals surface area contributed by atoms with E-state index in [1.54, 1.807) is 0 Å². The molecule has 0 spiro atoms. The molecule has 1 aromatic carbocycles. The zero-order chi connectivity index (χ0) is 9.10. The highest BCUT2D eigenvalue weighted by molar-refractivity contribution is 5.33. The van der Waals surface area contributed by atoms with Crippen LogP contribution in [0.5, 0.6) is 0 Å². The van der Waals surface area contributed by atoms with Crippen LogP contribution in [0.3, 0.4) is 0 Å². The highest BCUT2D eigenvalue weighted by atomic mass is 16.6. The summed E-state index contributed by atoms with van der Waals surface area (Å²) in [4.78, 5) is 5.20. The van der Waals surface area contributed by atoms with Gasteiger partial charge in [0.2, 0.25) is 0 Å². The van der Waals surface area contributed by atoms with E-state index in [1.807, 2.05) is 6.92 Å². The van der Waals surface area contributed by atoms with Crippen molar-refractivity contribution in [2.45, 2.75) is 25.8 Å². The molecule has 13 heavy (non-hydrogen) atoms. The molecule has 0 radical (unpaired) electrons. The monoisotopic (exact) mass is 177 g/mol. The Bertz CT molecular complexity index is 260. The first-order valence-electron chi connectivity index (χ1n) is 4.84. The number of fused-ring (bicyclic) bond motifs is 1. The predicted octanol–water partition coefficient (Wildman–Crippen LogP) is 1.69. The summed E-state index contributed by atoms with van der Waals surface area (Å²) in [5.41, 5.74) is 5.99. The summed E-state index contributed by atoms with van der Waals surface area (Å²) in [6, 6.07) is 9.06. The molecule has 1 N–H and O–H groups in total. The average Bonchev–Trinajstić information content (AvgIpc) is 2.57. The summed E-state index contributed by atoms with van der Waals surface area (Å²) in [7, 11) is 0. The lowest BCUT2D eigenvalue weighted by Gasteiger charge is -2.09. The number of rotatable bonds is 3. The predicted molar refractivity (Wildman–Crippen MR) is 52.4 cm³/mol. The summed E-state index contributed by atoms with van der Waals surface area (Å²) in [5.74, 6) is 0. The standard InChI is InChI=1S/C11H15NO/c1-2-13-12-11-7-9-5-3-4-6-10(9)8-11/h3-6,11-12H,2,7-8H2,1H3. The minimum atomic E-state index is 0.470. The molecule has 1 aliphatic carbocycles. The molecule has 0 aliphatic heterocycles. The van der Waals surface area contributed by atoms with E-state index in [-0.39, 0.29) is 0 Å². The van der Waals surface area contributed by atoms with Gasteiger partial charge in [0.15, 0.2) is 0 Å². The van der Waals surface area contributed by atoms with Gasteiger partial charge in [0.05, 0.1) is 6.61 Å². The van der Waals surface area contributed by atoms with Gasteiger partial charge in [0.25, 0.3) is 0 Å². The molecule has 0 saturated carbocycles. The number of benzene rings is 1. The van der Waals surface area contributed by atoms with Gasteiger partial charge >= 0.3 is 0 Å². The lowest BCUT2D eigenvalue weighted by Crippen LogP contribution is -2.29.